The molecule has 2 atom stereocenters. The Kier molecular flexibility index (Phi) is 6.43. The van der Waals surface area contributed by atoms with Crippen LogP contribution in [0.4, 0.5) is 0 Å². The highest BCUT2D eigenvalue weighted by Gasteiger charge is 2.52. The minimum absolute atomic E-state index is 0.0678. The second-order valence-electron chi connectivity index (χ2n) is 5.93. The number of hydrogen-bond acceptors (Lipinski definition) is 11. The van der Waals surface area contributed by atoms with Crippen molar-refractivity contribution in [3.05, 3.63) is 27.4 Å². The van der Waals surface area contributed by atoms with Crippen LogP contribution in [-0.4, -0.2) is 62.6 Å². The minimum Gasteiger partial charge on any atom is -0.428 e. The van der Waals surface area contributed by atoms with E-state index in [0.717, 1.165) is 16.6 Å². The molecule has 1 fully saturated rings. The summed E-state index contributed by atoms with van der Waals surface area (Å²) in [5.74, 6) is -1.15. The van der Waals surface area contributed by atoms with E-state index in [4.69, 9.17) is 10.5 Å². The van der Waals surface area contributed by atoms with Gasteiger partial charge in [-0.15, -0.1) is 23.1 Å². The number of thioether (sulfide) groups is 2. The lowest BCUT2D eigenvalue weighted by atomic mass is 10.0. The molecular formula is C16H17N3O6S3. The van der Waals surface area contributed by atoms with E-state index in [1.165, 1.54) is 34.9 Å². The van der Waals surface area contributed by atoms with E-state index in [9.17, 15) is 19.2 Å². The number of esters is 2. The average molecular weight is 444 g/mol. The fourth-order valence-electron chi connectivity index (χ4n) is 2.58. The number of aromatic nitrogens is 1. The van der Waals surface area contributed by atoms with Crippen LogP contribution in [0.1, 0.15) is 21.6 Å². The molecular weight excluding hydrogens is 426 g/mol. The zero-order valence-corrected chi connectivity index (χ0v) is 17.4. The molecule has 0 bridgehead atoms. The van der Waals surface area contributed by atoms with Crippen molar-refractivity contribution in [3.8, 4) is 0 Å². The number of fused-ring (bicyclic) bond motifs is 1. The molecule has 9 nitrogen and oxygen atoms in total. The van der Waals surface area contributed by atoms with Crippen LogP contribution in [0.5, 0.6) is 0 Å². The van der Waals surface area contributed by atoms with Crippen molar-refractivity contribution in [2.45, 2.75) is 25.3 Å². The number of thiazole rings is 1. The zero-order valence-electron chi connectivity index (χ0n) is 15.0. The van der Waals surface area contributed by atoms with Gasteiger partial charge in [-0.2, -0.15) is 0 Å². The van der Waals surface area contributed by atoms with Gasteiger partial charge in [-0.05, 0) is 12.5 Å². The van der Waals surface area contributed by atoms with Gasteiger partial charge in [-0.1, -0.05) is 11.8 Å². The molecule has 2 N–H and O–H groups in total. The Bertz CT molecular complexity index is 868. The number of nitrogens with two attached hydrogens (primary N) is 1. The first-order valence-corrected chi connectivity index (χ1v) is 11.0. The number of hydrogen-bond donors (Lipinski definition) is 1. The fraction of sp³-hybridized carbons (Fsp3) is 0.438. The molecule has 1 unspecified atom stereocenters. The van der Waals surface area contributed by atoms with Crippen LogP contribution >= 0.6 is 34.9 Å². The number of β-lactam (4-membered cyclic amide) rings is 1. The standard InChI is InChI=1S/C16H17N3O6S3/c1-7-3-18-12(28-7)16(23)27-5-9-4-26-14-10(17)13(21)19(14)11(9)15(22)25-6-24-8(2)20/h3,10,14H,4-6,17H2,1-2H3/t10?,14-/m0/s1. The molecule has 2 aliphatic heterocycles. The molecule has 1 amide bonds. The second kappa shape index (κ2) is 8.64. The van der Waals surface area contributed by atoms with E-state index in [1.54, 1.807) is 6.20 Å². The molecule has 150 valence electrons. The maximum atomic E-state index is 12.5. The van der Waals surface area contributed by atoms with E-state index in [1.807, 2.05) is 6.92 Å². The molecule has 3 rings (SSSR count). The normalized spacial score (nSPS) is 21.1. The smallest absolute Gasteiger partial charge is 0.357 e. The molecule has 0 aromatic carbocycles. The summed E-state index contributed by atoms with van der Waals surface area (Å²) < 4.78 is 9.59. The third kappa shape index (κ3) is 4.24. The predicted octanol–water partition coefficient (Wildman–Crippen LogP) is 0.885. The number of amides is 1. The van der Waals surface area contributed by atoms with Gasteiger partial charge >= 0.3 is 11.9 Å². The van der Waals surface area contributed by atoms with Gasteiger partial charge < -0.3 is 15.2 Å². The summed E-state index contributed by atoms with van der Waals surface area (Å²) in [5.41, 5.74) is 6.45. The SMILES string of the molecule is CC(=O)OCOC(=O)C1=C(CSC(=O)c2ncc(C)s2)CS[C@H]2C(N)C(=O)N12. The van der Waals surface area contributed by atoms with Crippen LogP contribution in [0.25, 0.3) is 0 Å². The van der Waals surface area contributed by atoms with E-state index in [-0.39, 0.29) is 27.8 Å². The molecule has 12 heteroatoms. The summed E-state index contributed by atoms with van der Waals surface area (Å²) in [6.45, 7) is 2.49. The summed E-state index contributed by atoms with van der Waals surface area (Å²) in [4.78, 5) is 54.1. The largest absolute Gasteiger partial charge is 0.428 e. The molecule has 2 aliphatic rings. The lowest BCUT2D eigenvalue weighted by Crippen LogP contribution is -2.68. The van der Waals surface area contributed by atoms with E-state index >= 15 is 0 Å². The first-order valence-electron chi connectivity index (χ1n) is 8.12. The number of carbonyl (C=O) groups excluding carboxylic acids is 4. The Morgan fingerprint density at radius 3 is 2.79 bits per heavy atom. The van der Waals surface area contributed by atoms with Crippen molar-refractivity contribution in [1.29, 1.82) is 0 Å². The van der Waals surface area contributed by atoms with Gasteiger partial charge in [0.05, 0.1) is 0 Å². The molecule has 1 saturated heterocycles. The monoisotopic (exact) mass is 443 g/mol. The molecule has 1 aromatic rings. The van der Waals surface area contributed by atoms with Crippen LogP contribution in [0, 0.1) is 6.92 Å². The van der Waals surface area contributed by atoms with Crippen molar-refractivity contribution in [1.82, 2.24) is 9.88 Å². The summed E-state index contributed by atoms with van der Waals surface area (Å²) >= 11 is 3.72. The van der Waals surface area contributed by atoms with E-state index < -0.39 is 24.8 Å². The molecule has 28 heavy (non-hydrogen) atoms. The molecule has 0 spiro atoms. The Morgan fingerprint density at radius 2 is 2.14 bits per heavy atom. The van der Waals surface area contributed by atoms with Crippen LogP contribution in [-0.2, 0) is 23.9 Å². The van der Waals surface area contributed by atoms with Crippen molar-refractivity contribution in [2.75, 3.05) is 18.3 Å². The van der Waals surface area contributed by atoms with Gasteiger partial charge in [0.2, 0.25) is 17.8 Å². The van der Waals surface area contributed by atoms with Gasteiger partial charge in [0.1, 0.15) is 17.1 Å². The summed E-state index contributed by atoms with van der Waals surface area (Å²) in [5, 5.41) is -0.183. The molecule has 0 saturated carbocycles. The van der Waals surface area contributed by atoms with E-state index in [2.05, 4.69) is 9.72 Å². The van der Waals surface area contributed by atoms with Crippen LogP contribution in [0.3, 0.4) is 0 Å². The highest BCUT2D eigenvalue weighted by molar-refractivity contribution is 8.14. The highest BCUT2D eigenvalue weighted by atomic mass is 32.2. The van der Waals surface area contributed by atoms with Gasteiger partial charge in [0.15, 0.2) is 5.01 Å². The van der Waals surface area contributed by atoms with Gasteiger partial charge in [-0.25, -0.2) is 9.78 Å². The molecule has 0 radical (unpaired) electrons. The number of ether oxygens (including phenoxy) is 2. The Morgan fingerprint density at radius 1 is 1.39 bits per heavy atom. The topological polar surface area (TPSA) is 129 Å². The highest BCUT2D eigenvalue weighted by Crippen LogP contribution is 2.40. The van der Waals surface area contributed by atoms with Gasteiger partial charge in [0.25, 0.3) is 0 Å². The summed E-state index contributed by atoms with van der Waals surface area (Å²) in [6.07, 6.45) is 1.62. The number of aryl methyl sites for hydroxylation is 1. The van der Waals surface area contributed by atoms with Crippen LogP contribution in [0.2, 0.25) is 0 Å². The third-order valence-corrected chi connectivity index (χ3v) is 7.26. The molecule has 1 aromatic heterocycles. The first kappa shape index (κ1) is 20.8. The number of carbonyl (C=O) groups is 4. The van der Waals surface area contributed by atoms with Gasteiger partial charge in [-0.3, -0.25) is 19.3 Å². The summed E-state index contributed by atoms with van der Waals surface area (Å²) in [6, 6.07) is -0.685. The van der Waals surface area contributed by atoms with Crippen molar-refractivity contribution < 1.29 is 28.7 Å². The van der Waals surface area contributed by atoms with Gasteiger partial charge in [0, 0.05) is 29.5 Å². The van der Waals surface area contributed by atoms with Crippen LogP contribution in [0.15, 0.2) is 17.5 Å². The average Bonchev–Trinajstić information content (AvgIpc) is 3.10. The zero-order chi connectivity index (χ0) is 20.4. The number of nitrogens with zero attached hydrogens (tertiary/aromatic N) is 2. The van der Waals surface area contributed by atoms with Crippen molar-refractivity contribution in [3.63, 3.8) is 0 Å². The quantitative estimate of drug-likeness (QED) is 0.384. The Labute approximate surface area is 173 Å². The minimum atomic E-state index is -0.792. The maximum Gasteiger partial charge on any atom is 0.357 e. The maximum absolute atomic E-state index is 12.5. The number of rotatable bonds is 6. The van der Waals surface area contributed by atoms with Crippen molar-refractivity contribution in [2.24, 2.45) is 5.73 Å². The third-order valence-electron chi connectivity index (χ3n) is 3.91. The lowest BCUT2D eigenvalue weighted by molar-refractivity contribution is -0.166. The van der Waals surface area contributed by atoms with Crippen molar-refractivity contribution >= 4 is 57.8 Å². The second-order valence-corrected chi connectivity index (χ2v) is 9.21. The molecule has 0 aliphatic carbocycles. The van der Waals surface area contributed by atoms with E-state index in [0.29, 0.717) is 16.3 Å². The lowest BCUT2D eigenvalue weighted by Gasteiger charge is -2.48. The molecule has 3 heterocycles. The fourth-order valence-corrected chi connectivity index (χ4v) is 5.62. The Hall–Kier alpha value is -1.89. The predicted molar refractivity (Wildman–Crippen MR) is 104 cm³/mol. The summed E-state index contributed by atoms with van der Waals surface area (Å²) in [7, 11) is 0. The van der Waals surface area contributed by atoms with Crippen LogP contribution < -0.4 is 5.73 Å². The Balaban J connectivity index is 1.75. The first-order chi connectivity index (χ1) is 13.3.